The summed E-state index contributed by atoms with van der Waals surface area (Å²) in [6.45, 7) is 4.78. The van der Waals surface area contributed by atoms with Crippen molar-refractivity contribution in [2.75, 3.05) is 19.6 Å². The normalized spacial score (nSPS) is 22.2. The van der Waals surface area contributed by atoms with Crippen LogP contribution in [0.3, 0.4) is 0 Å². The van der Waals surface area contributed by atoms with Gasteiger partial charge < -0.3 is 15.7 Å². The highest BCUT2D eigenvalue weighted by atomic mass is 16.4. The van der Waals surface area contributed by atoms with E-state index in [1.165, 1.54) is 18.3 Å². The minimum Gasteiger partial charge on any atom is -0.477 e. The number of nitrogens with one attached hydrogen (secondary N) is 2. The standard InChI is InChI=1S/C14H19N3O3/c1-9-6-15-5-4-10(9)7-17-13(18)11-2-3-12(14(19)20)16-8-11/h2-3,8-10,15H,4-7H2,1H3,(H,17,18)(H,19,20). The van der Waals surface area contributed by atoms with Crippen LogP contribution in [0.15, 0.2) is 18.3 Å². The first kappa shape index (κ1) is 14.5. The molecule has 2 unspecified atom stereocenters. The number of hydrogen-bond donors (Lipinski definition) is 3. The minimum atomic E-state index is -1.10. The van der Waals surface area contributed by atoms with Gasteiger partial charge in [-0.25, -0.2) is 9.78 Å². The molecule has 0 radical (unpaired) electrons. The molecule has 0 aromatic carbocycles. The molecule has 2 atom stereocenters. The summed E-state index contributed by atoms with van der Waals surface area (Å²) in [6, 6.07) is 2.82. The molecule has 0 spiro atoms. The van der Waals surface area contributed by atoms with E-state index in [9.17, 15) is 9.59 Å². The highest BCUT2D eigenvalue weighted by Crippen LogP contribution is 2.17. The van der Waals surface area contributed by atoms with E-state index in [0.29, 0.717) is 23.9 Å². The van der Waals surface area contributed by atoms with Crippen LogP contribution in [0.25, 0.3) is 0 Å². The summed E-state index contributed by atoms with van der Waals surface area (Å²) in [5.74, 6) is -0.288. The molecule has 2 rings (SSSR count). The van der Waals surface area contributed by atoms with Crippen LogP contribution in [0.2, 0.25) is 0 Å². The van der Waals surface area contributed by atoms with Gasteiger partial charge in [0.25, 0.3) is 5.91 Å². The number of carboxylic acids is 1. The summed E-state index contributed by atoms with van der Waals surface area (Å²) in [7, 11) is 0. The quantitative estimate of drug-likeness (QED) is 0.755. The van der Waals surface area contributed by atoms with E-state index in [1.807, 2.05) is 0 Å². The van der Waals surface area contributed by atoms with Crippen molar-refractivity contribution in [1.29, 1.82) is 0 Å². The van der Waals surface area contributed by atoms with E-state index < -0.39 is 5.97 Å². The van der Waals surface area contributed by atoms with E-state index in [-0.39, 0.29) is 11.6 Å². The lowest BCUT2D eigenvalue weighted by molar-refractivity contribution is 0.0689. The van der Waals surface area contributed by atoms with Gasteiger partial charge >= 0.3 is 5.97 Å². The van der Waals surface area contributed by atoms with Gasteiger partial charge in [0.15, 0.2) is 0 Å². The van der Waals surface area contributed by atoms with Gasteiger partial charge in [-0.1, -0.05) is 6.92 Å². The fourth-order valence-electron chi connectivity index (χ4n) is 2.35. The van der Waals surface area contributed by atoms with Gasteiger partial charge in [-0.15, -0.1) is 0 Å². The molecular formula is C14H19N3O3. The maximum absolute atomic E-state index is 12.0. The number of hydrogen-bond acceptors (Lipinski definition) is 4. The Morgan fingerprint density at radius 3 is 2.90 bits per heavy atom. The van der Waals surface area contributed by atoms with Crippen molar-refractivity contribution >= 4 is 11.9 Å². The molecule has 1 amide bonds. The topological polar surface area (TPSA) is 91.3 Å². The predicted molar refractivity (Wildman–Crippen MR) is 73.7 cm³/mol. The molecule has 1 aromatic heterocycles. The number of pyridine rings is 1. The molecule has 6 nitrogen and oxygen atoms in total. The second-order valence-electron chi connectivity index (χ2n) is 5.18. The number of aromatic nitrogens is 1. The molecule has 6 heteroatoms. The highest BCUT2D eigenvalue weighted by molar-refractivity contribution is 5.94. The summed E-state index contributed by atoms with van der Waals surface area (Å²) < 4.78 is 0. The van der Waals surface area contributed by atoms with Gasteiger partial charge in [-0.3, -0.25) is 4.79 Å². The second-order valence-corrected chi connectivity index (χ2v) is 5.18. The monoisotopic (exact) mass is 277 g/mol. The van der Waals surface area contributed by atoms with Gasteiger partial charge in [0.05, 0.1) is 5.56 Å². The van der Waals surface area contributed by atoms with E-state index in [0.717, 1.165) is 19.5 Å². The molecule has 108 valence electrons. The number of rotatable bonds is 4. The third-order valence-corrected chi connectivity index (χ3v) is 3.73. The zero-order valence-electron chi connectivity index (χ0n) is 11.4. The summed E-state index contributed by atoms with van der Waals surface area (Å²) in [5.41, 5.74) is 0.324. The lowest BCUT2D eigenvalue weighted by atomic mass is 9.88. The lowest BCUT2D eigenvalue weighted by Crippen LogP contribution is -2.41. The predicted octanol–water partition coefficient (Wildman–Crippen LogP) is 0.755. The van der Waals surface area contributed by atoms with Crippen LogP contribution < -0.4 is 10.6 Å². The Balaban J connectivity index is 1.89. The van der Waals surface area contributed by atoms with Crippen molar-refractivity contribution in [2.45, 2.75) is 13.3 Å². The van der Waals surface area contributed by atoms with E-state index in [1.54, 1.807) is 0 Å². The van der Waals surface area contributed by atoms with Crippen molar-refractivity contribution in [2.24, 2.45) is 11.8 Å². The maximum Gasteiger partial charge on any atom is 0.354 e. The fourth-order valence-corrected chi connectivity index (χ4v) is 2.35. The molecule has 1 aliphatic rings. The summed E-state index contributed by atoms with van der Waals surface area (Å²) >= 11 is 0. The Hall–Kier alpha value is -1.95. The Morgan fingerprint density at radius 2 is 2.30 bits per heavy atom. The largest absolute Gasteiger partial charge is 0.477 e. The summed E-state index contributed by atoms with van der Waals surface area (Å²) in [6.07, 6.45) is 2.35. The molecular weight excluding hydrogens is 258 g/mol. The molecule has 1 fully saturated rings. The smallest absolute Gasteiger partial charge is 0.354 e. The molecule has 0 bridgehead atoms. The molecule has 0 saturated carbocycles. The number of carbonyl (C=O) groups excluding carboxylic acids is 1. The highest BCUT2D eigenvalue weighted by Gasteiger charge is 2.21. The van der Waals surface area contributed by atoms with Crippen molar-refractivity contribution < 1.29 is 14.7 Å². The second kappa shape index (κ2) is 6.47. The number of nitrogens with zero attached hydrogens (tertiary/aromatic N) is 1. The average molecular weight is 277 g/mol. The summed E-state index contributed by atoms with van der Waals surface area (Å²) in [5, 5.41) is 15.0. The number of carbonyl (C=O) groups is 2. The van der Waals surface area contributed by atoms with Gasteiger partial charge in [0.1, 0.15) is 5.69 Å². The first-order valence-electron chi connectivity index (χ1n) is 6.76. The van der Waals surface area contributed by atoms with Gasteiger partial charge in [0, 0.05) is 12.7 Å². The van der Waals surface area contributed by atoms with E-state index in [4.69, 9.17) is 5.11 Å². The van der Waals surface area contributed by atoms with Crippen LogP contribution in [0.4, 0.5) is 0 Å². The van der Waals surface area contributed by atoms with Crippen LogP contribution in [0, 0.1) is 11.8 Å². The van der Waals surface area contributed by atoms with Crippen LogP contribution in [-0.4, -0.2) is 41.6 Å². The zero-order chi connectivity index (χ0) is 14.5. The Labute approximate surface area is 117 Å². The third kappa shape index (κ3) is 3.54. The lowest BCUT2D eigenvalue weighted by Gasteiger charge is -2.29. The third-order valence-electron chi connectivity index (χ3n) is 3.73. The molecule has 0 aliphatic carbocycles. The molecule has 3 N–H and O–H groups in total. The number of piperidine rings is 1. The van der Waals surface area contributed by atoms with Crippen molar-refractivity contribution in [1.82, 2.24) is 15.6 Å². The number of carboxylic acid groups (broad SMARTS) is 1. The SMILES string of the molecule is CC1CNCCC1CNC(=O)c1ccc(C(=O)O)nc1. The van der Waals surface area contributed by atoms with Crippen LogP contribution in [-0.2, 0) is 0 Å². The first-order valence-corrected chi connectivity index (χ1v) is 6.76. The van der Waals surface area contributed by atoms with Crippen molar-refractivity contribution in [3.63, 3.8) is 0 Å². The molecule has 1 aromatic rings. The molecule has 2 heterocycles. The minimum absolute atomic E-state index is 0.0615. The maximum atomic E-state index is 12.0. The van der Waals surface area contributed by atoms with Gasteiger partial charge in [-0.05, 0) is 43.5 Å². The first-order chi connectivity index (χ1) is 9.58. The van der Waals surface area contributed by atoms with Crippen LogP contribution in [0.5, 0.6) is 0 Å². The molecule has 1 aliphatic heterocycles. The van der Waals surface area contributed by atoms with Crippen molar-refractivity contribution in [3.8, 4) is 0 Å². The number of amides is 1. The van der Waals surface area contributed by atoms with Gasteiger partial charge in [-0.2, -0.15) is 0 Å². The molecule has 1 saturated heterocycles. The van der Waals surface area contributed by atoms with E-state index >= 15 is 0 Å². The number of aromatic carboxylic acids is 1. The zero-order valence-corrected chi connectivity index (χ0v) is 11.4. The Morgan fingerprint density at radius 1 is 1.50 bits per heavy atom. The van der Waals surface area contributed by atoms with E-state index in [2.05, 4.69) is 22.5 Å². The van der Waals surface area contributed by atoms with Crippen LogP contribution >= 0.6 is 0 Å². The average Bonchev–Trinajstić information content (AvgIpc) is 2.46. The van der Waals surface area contributed by atoms with Crippen molar-refractivity contribution in [3.05, 3.63) is 29.6 Å². The summed E-state index contributed by atoms with van der Waals surface area (Å²) in [4.78, 5) is 26.4. The van der Waals surface area contributed by atoms with Gasteiger partial charge in [0.2, 0.25) is 0 Å². The Bertz CT molecular complexity index is 487. The van der Waals surface area contributed by atoms with Crippen LogP contribution in [0.1, 0.15) is 34.2 Å². The Kier molecular flexibility index (Phi) is 4.68. The fraction of sp³-hybridized carbons (Fsp3) is 0.500. The molecule has 20 heavy (non-hydrogen) atoms.